The fraction of sp³-hybridized carbons (Fsp3) is 0.250. The number of imide groups is 1. The Morgan fingerprint density at radius 2 is 1.96 bits per heavy atom. The number of carbonyl (C=O) groups is 3. The fourth-order valence-corrected chi connectivity index (χ4v) is 3.53. The highest BCUT2D eigenvalue weighted by molar-refractivity contribution is 6.10. The zero-order valence-electron chi connectivity index (χ0n) is 15.2. The number of nitrogens with one attached hydrogen (secondary N) is 2. The molecule has 1 atom stereocenters. The minimum absolute atomic E-state index is 0.301. The van der Waals surface area contributed by atoms with E-state index in [1.54, 1.807) is 55.6 Å². The second-order valence-electron chi connectivity index (χ2n) is 6.60. The van der Waals surface area contributed by atoms with Gasteiger partial charge in [-0.3, -0.25) is 14.5 Å². The SMILES string of the molecule is COc1ccc(NC(=O)CN2C(=O)N[C@]3(CCOc4ccccc43)C2=O)cc1. The monoisotopic (exact) mass is 381 g/mol. The summed E-state index contributed by atoms with van der Waals surface area (Å²) in [7, 11) is 1.55. The Morgan fingerprint density at radius 3 is 2.71 bits per heavy atom. The van der Waals surface area contributed by atoms with E-state index in [2.05, 4.69) is 10.6 Å². The largest absolute Gasteiger partial charge is 0.497 e. The molecule has 8 nitrogen and oxygen atoms in total. The molecule has 2 N–H and O–H groups in total. The van der Waals surface area contributed by atoms with Gasteiger partial charge in [0, 0.05) is 17.7 Å². The van der Waals surface area contributed by atoms with Crippen molar-refractivity contribution in [2.75, 3.05) is 25.6 Å². The summed E-state index contributed by atoms with van der Waals surface area (Å²) in [5.41, 5.74) is -0.0339. The van der Waals surface area contributed by atoms with Crippen molar-refractivity contribution in [3.8, 4) is 11.5 Å². The molecule has 2 aromatic carbocycles. The van der Waals surface area contributed by atoms with E-state index >= 15 is 0 Å². The van der Waals surface area contributed by atoms with Crippen LogP contribution in [0.1, 0.15) is 12.0 Å². The molecule has 1 fully saturated rings. The molecule has 0 saturated carbocycles. The van der Waals surface area contributed by atoms with Crippen LogP contribution < -0.4 is 20.1 Å². The van der Waals surface area contributed by atoms with Crippen molar-refractivity contribution in [1.29, 1.82) is 0 Å². The Kier molecular flexibility index (Phi) is 4.38. The lowest BCUT2D eigenvalue weighted by Gasteiger charge is -2.33. The van der Waals surface area contributed by atoms with E-state index in [4.69, 9.17) is 9.47 Å². The van der Waals surface area contributed by atoms with Crippen molar-refractivity contribution < 1.29 is 23.9 Å². The van der Waals surface area contributed by atoms with Gasteiger partial charge >= 0.3 is 6.03 Å². The predicted molar refractivity (Wildman–Crippen MR) is 100 cm³/mol. The summed E-state index contributed by atoms with van der Waals surface area (Å²) in [6.45, 7) is -0.0730. The second-order valence-corrected chi connectivity index (χ2v) is 6.60. The normalized spacial score (nSPS) is 20.4. The Morgan fingerprint density at radius 1 is 1.21 bits per heavy atom. The number of ether oxygens (including phenoxy) is 2. The van der Waals surface area contributed by atoms with Crippen LogP contribution in [-0.4, -0.2) is 43.0 Å². The molecule has 8 heteroatoms. The Bertz CT molecular complexity index is 943. The molecular weight excluding hydrogens is 362 g/mol. The Balaban J connectivity index is 1.51. The molecule has 0 aromatic heterocycles. The minimum atomic E-state index is -1.19. The lowest BCUT2D eigenvalue weighted by molar-refractivity contribution is -0.135. The van der Waals surface area contributed by atoms with Gasteiger partial charge in [0.05, 0.1) is 13.7 Å². The first-order chi connectivity index (χ1) is 13.5. The van der Waals surface area contributed by atoms with Crippen LogP contribution in [0.3, 0.4) is 0 Å². The number of para-hydroxylation sites is 1. The van der Waals surface area contributed by atoms with Crippen LogP contribution in [0.2, 0.25) is 0 Å². The third-order valence-electron chi connectivity index (χ3n) is 4.93. The van der Waals surface area contributed by atoms with Crippen molar-refractivity contribution in [3.05, 3.63) is 54.1 Å². The number of amides is 4. The zero-order valence-corrected chi connectivity index (χ0v) is 15.2. The molecule has 1 saturated heterocycles. The van der Waals surface area contributed by atoms with Gasteiger partial charge in [0.15, 0.2) is 5.54 Å². The van der Waals surface area contributed by atoms with Crippen molar-refractivity contribution >= 4 is 23.5 Å². The smallest absolute Gasteiger partial charge is 0.325 e. The number of benzene rings is 2. The number of urea groups is 1. The molecule has 4 rings (SSSR count). The van der Waals surface area contributed by atoms with Gasteiger partial charge in [0.25, 0.3) is 5.91 Å². The van der Waals surface area contributed by atoms with Crippen LogP contribution in [0.5, 0.6) is 11.5 Å². The first kappa shape index (κ1) is 17.8. The summed E-state index contributed by atoms with van der Waals surface area (Å²) in [5, 5.41) is 5.45. The van der Waals surface area contributed by atoms with Gasteiger partial charge in [-0.2, -0.15) is 0 Å². The van der Waals surface area contributed by atoms with Crippen molar-refractivity contribution in [3.63, 3.8) is 0 Å². The molecule has 144 valence electrons. The number of fused-ring (bicyclic) bond motifs is 2. The molecule has 2 aliphatic rings. The van der Waals surface area contributed by atoms with Gasteiger partial charge < -0.3 is 20.1 Å². The summed E-state index contributed by atoms with van der Waals surface area (Å²) >= 11 is 0. The molecular formula is C20H19N3O5. The van der Waals surface area contributed by atoms with E-state index in [9.17, 15) is 14.4 Å². The van der Waals surface area contributed by atoms with Gasteiger partial charge in [-0.1, -0.05) is 18.2 Å². The third-order valence-corrected chi connectivity index (χ3v) is 4.93. The molecule has 2 aromatic rings. The number of hydrogen-bond donors (Lipinski definition) is 2. The number of carbonyl (C=O) groups excluding carboxylic acids is 3. The number of rotatable bonds is 4. The van der Waals surface area contributed by atoms with Crippen molar-refractivity contribution in [2.45, 2.75) is 12.0 Å². The van der Waals surface area contributed by atoms with Crippen LogP contribution in [0, 0.1) is 0 Å². The molecule has 0 unspecified atom stereocenters. The maximum atomic E-state index is 13.1. The van der Waals surface area contributed by atoms with E-state index in [1.807, 2.05) is 0 Å². The van der Waals surface area contributed by atoms with Crippen LogP contribution >= 0.6 is 0 Å². The highest BCUT2D eigenvalue weighted by Gasteiger charge is 2.55. The number of anilines is 1. The van der Waals surface area contributed by atoms with Crippen LogP contribution in [0.25, 0.3) is 0 Å². The standard InChI is InChI=1S/C20H19N3O5/c1-27-14-8-6-13(7-9-14)21-17(24)12-23-18(25)20(22-19(23)26)10-11-28-16-5-3-2-4-15(16)20/h2-9H,10-12H2,1H3,(H,21,24)(H,22,26)/t20-/m0/s1. The first-order valence-electron chi connectivity index (χ1n) is 8.84. The van der Waals surface area contributed by atoms with E-state index in [1.165, 1.54) is 0 Å². The van der Waals surface area contributed by atoms with Crippen molar-refractivity contribution in [2.24, 2.45) is 0 Å². The topological polar surface area (TPSA) is 97.0 Å². The lowest BCUT2D eigenvalue weighted by atomic mass is 9.84. The molecule has 2 heterocycles. The average Bonchev–Trinajstić information content (AvgIpc) is 2.94. The van der Waals surface area contributed by atoms with Gasteiger partial charge in [0.1, 0.15) is 18.0 Å². The molecule has 28 heavy (non-hydrogen) atoms. The molecule has 0 radical (unpaired) electrons. The van der Waals surface area contributed by atoms with Gasteiger partial charge in [-0.05, 0) is 30.3 Å². The predicted octanol–water partition coefficient (Wildman–Crippen LogP) is 1.86. The van der Waals surface area contributed by atoms with Crippen LogP contribution in [0.15, 0.2) is 48.5 Å². The molecule has 0 bridgehead atoms. The van der Waals surface area contributed by atoms with E-state index in [0.717, 1.165) is 4.90 Å². The quantitative estimate of drug-likeness (QED) is 0.788. The third kappa shape index (κ3) is 2.92. The number of methoxy groups -OCH3 is 1. The summed E-state index contributed by atoms with van der Waals surface area (Å²) in [5.74, 6) is 0.309. The fourth-order valence-electron chi connectivity index (χ4n) is 3.53. The molecule has 4 amide bonds. The highest BCUT2D eigenvalue weighted by Crippen LogP contribution is 2.40. The number of nitrogens with zero attached hydrogens (tertiary/aromatic N) is 1. The molecule has 1 spiro atoms. The van der Waals surface area contributed by atoms with Gasteiger partial charge in [-0.15, -0.1) is 0 Å². The van der Waals surface area contributed by atoms with Crippen LogP contribution in [0.4, 0.5) is 10.5 Å². The number of hydrogen-bond acceptors (Lipinski definition) is 5. The average molecular weight is 381 g/mol. The maximum Gasteiger partial charge on any atom is 0.325 e. The highest BCUT2D eigenvalue weighted by atomic mass is 16.5. The maximum absolute atomic E-state index is 13.1. The zero-order chi connectivity index (χ0) is 19.7. The van der Waals surface area contributed by atoms with E-state index < -0.39 is 23.4 Å². The summed E-state index contributed by atoms with van der Waals surface area (Å²) in [6, 6.07) is 13.3. The summed E-state index contributed by atoms with van der Waals surface area (Å²) in [4.78, 5) is 38.9. The lowest BCUT2D eigenvalue weighted by Crippen LogP contribution is -2.48. The van der Waals surface area contributed by atoms with Gasteiger partial charge in [-0.25, -0.2) is 4.79 Å². The first-order valence-corrected chi connectivity index (χ1v) is 8.84. The van der Waals surface area contributed by atoms with Crippen LogP contribution in [-0.2, 0) is 15.1 Å². The van der Waals surface area contributed by atoms with E-state index in [-0.39, 0.29) is 6.54 Å². The molecule has 2 aliphatic heterocycles. The molecule has 0 aliphatic carbocycles. The second kappa shape index (κ2) is 6.88. The minimum Gasteiger partial charge on any atom is -0.497 e. The Hall–Kier alpha value is -3.55. The summed E-state index contributed by atoms with van der Waals surface area (Å²) in [6.07, 6.45) is 0.311. The summed E-state index contributed by atoms with van der Waals surface area (Å²) < 4.78 is 10.7. The van der Waals surface area contributed by atoms with Crippen molar-refractivity contribution in [1.82, 2.24) is 10.2 Å². The van der Waals surface area contributed by atoms with E-state index in [0.29, 0.717) is 35.8 Å². The van der Waals surface area contributed by atoms with Gasteiger partial charge in [0.2, 0.25) is 5.91 Å². The Labute approximate surface area is 161 Å².